The third-order valence-corrected chi connectivity index (χ3v) is 2.64. The molecule has 1 atom stereocenters. The summed E-state index contributed by atoms with van der Waals surface area (Å²) in [6, 6.07) is 9.17. The first kappa shape index (κ1) is 13.6. The Labute approximate surface area is 102 Å². The summed E-state index contributed by atoms with van der Waals surface area (Å²) in [6.07, 6.45) is 1.22. The van der Waals surface area contributed by atoms with Crippen LogP contribution in [0.5, 0.6) is 0 Å². The Morgan fingerprint density at radius 2 is 1.88 bits per heavy atom. The van der Waals surface area contributed by atoms with E-state index in [9.17, 15) is 9.59 Å². The zero-order valence-electron chi connectivity index (χ0n) is 10.3. The van der Waals surface area contributed by atoms with E-state index < -0.39 is 0 Å². The van der Waals surface area contributed by atoms with Crippen LogP contribution >= 0.6 is 0 Å². The monoisotopic (exact) mass is 234 g/mol. The topological polar surface area (TPSA) is 43.4 Å². The highest BCUT2D eigenvalue weighted by Gasteiger charge is 2.13. The van der Waals surface area contributed by atoms with Gasteiger partial charge in [0.05, 0.1) is 6.10 Å². The Bertz CT molecular complexity index is 370. The second kappa shape index (κ2) is 6.97. The minimum Gasteiger partial charge on any atom is -0.381 e. The quantitative estimate of drug-likeness (QED) is 0.681. The largest absolute Gasteiger partial charge is 0.381 e. The maximum absolute atomic E-state index is 11.8. The number of Topliss-reactive ketones (excluding diaryl/α,β-unsaturated/α-hetero) is 2. The molecule has 1 aromatic rings. The van der Waals surface area contributed by atoms with Crippen molar-refractivity contribution in [2.24, 2.45) is 0 Å². The van der Waals surface area contributed by atoms with Crippen molar-refractivity contribution in [2.75, 3.05) is 7.11 Å². The van der Waals surface area contributed by atoms with Gasteiger partial charge in [0.15, 0.2) is 5.78 Å². The van der Waals surface area contributed by atoms with Gasteiger partial charge in [-0.05, 0) is 13.3 Å². The van der Waals surface area contributed by atoms with Gasteiger partial charge in [0.1, 0.15) is 5.78 Å². The fraction of sp³-hybridized carbons (Fsp3) is 0.429. The SMILES string of the molecule is COC(CCC(=O)c1ccccc1)CC(C)=O. The molecule has 0 aliphatic carbocycles. The van der Waals surface area contributed by atoms with Crippen molar-refractivity contribution in [2.45, 2.75) is 32.3 Å². The molecule has 0 saturated heterocycles. The van der Waals surface area contributed by atoms with E-state index in [1.54, 1.807) is 19.2 Å². The molecule has 0 aromatic heterocycles. The van der Waals surface area contributed by atoms with E-state index in [4.69, 9.17) is 4.74 Å². The van der Waals surface area contributed by atoms with Crippen LogP contribution in [-0.4, -0.2) is 24.8 Å². The summed E-state index contributed by atoms with van der Waals surface area (Å²) in [5.41, 5.74) is 0.713. The molecule has 0 N–H and O–H groups in total. The smallest absolute Gasteiger partial charge is 0.162 e. The van der Waals surface area contributed by atoms with Crippen LogP contribution in [0, 0.1) is 0 Å². The predicted molar refractivity (Wildman–Crippen MR) is 66.1 cm³/mol. The molecule has 0 radical (unpaired) electrons. The molecule has 0 saturated carbocycles. The number of rotatable bonds is 7. The van der Waals surface area contributed by atoms with Crippen LogP contribution in [-0.2, 0) is 9.53 Å². The maximum Gasteiger partial charge on any atom is 0.162 e. The lowest BCUT2D eigenvalue weighted by molar-refractivity contribution is -0.119. The Balaban J connectivity index is 2.44. The molecule has 17 heavy (non-hydrogen) atoms. The minimum absolute atomic E-state index is 0.0870. The summed E-state index contributed by atoms with van der Waals surface area (Å²) >= 11 is 0. The Morgan fingerprint density at radius 3 is 2.41 bits per heavy atom. The fourth-order valence-corrected chi connectivity index (χ4v) is 1.68. The van der Waals surface area contributed by atoms with Crippen molar-refractivity contribution >= 4 is 11.6 Å². The molecule has 92 valence electrons. The van der Waals surface area contributed by atoms with Gasteiger partial charge in [-0.15, -0.1) is 0 Å². The third-order valence-electron chi connectivity index (χ3n) is 2.64. The lowest BCUT2D eigenvalue weighted by Gasteiger charge is -2.12. The van der Waals surface area contributed by atoms with Crippen LogP contribution in [0.3, 0.4) is 0 Å². The molecule has 0 aliphatic rings. The molecule has 0 spiro atoms. The average molecular weight is 234 g/mol. The van der Waals surface area contributed by atoms with Gasteiger partial charge >= 0.3 is 0 Å². The van der Waals surface area contributed by atoms with Crippen molar-refractivity contribution in [1.29, 1.82) is 0 Å². The zero-order chi connectivity index (χ0) is 12.7. The molecule has 0 heterocycles. The fourth-order valence-electron chi connectivity index (χ4n) is 1.68. The Kier molecular flexibility index (Phi) is 5.57. The zero-order valence-corrected chi connectivity index (χ0v) is 10.3. The number of hydrogen-bond donors (Lipinski definition) is 0. The van der Waals surface area contributed by atoms with Crippen molar-refractivity contribution in [1.82, 2.24) is 0 Å². The number of hydrogen-bond acceptors (Lipinski definition) is 3. The second-order valence-corrected chi connectivity index (χ2v) is 4.09. The lowest BCUT2D eigenvalue weighted by Crippen LogP contribution is -2.16. The van der Waals surface area contributed by atoms with Crippen molar-refractivity contribution < 1.29 is 14.3 Å². The molecule has 1 rings (SSSR count). The van der Waals surface area contributed by atoms with Crippen LogP contribution in [0.1, 0.15) is 36.5 Å². The summed E-state index contributed by atoms with van der Waals surface area (Å²) < 4.78 is 5.17. The molecule has 0 aliphatic heterocycles. The van der Waals surface area contributed by atoms with Gasteiger partial charge in [-0.1, -0.05) is 30.3 Å². The van der Waals surface area contributed by atoms with Gasteiger partial charge in [0.2, 0.25) is 0 Å². The molecular formula is C14H18O3. The van der Waals surface area contributed by atoms with E-state index >= 15 is 0 Å². The number of ketones is 2. The second-order valence-electron chi connectivity index (χ2n) is 4.09. The van der Waals surface area contributed by atoms with Crippen LogP contribution in [0.2, 0.25) is 0 Å². The highest BCUT2D eigenvalue weighted by atomic mass is 16.5. The molecule has 0 bridgehead atoms. The van der Waals surface area contributed by atoms with E-state index in [1.807, 2.05) is 18.2 Å². The lowest BCUT2D eigenvalue weighted by atomic mass is 10.0. The standard InChI is InChI=1S/C14H18O3/c1-11(15)10-13(17-2)8-9-14(16)12-6-4-3-5-7-12/h3-7,13H,8-10H2,1-2H3. The first-order valence-electron chi connectivity index (χ1n) is 5.74. The van der Waals surface area contributed by atoms with E-state index in [2.05, 4.69) is 0 Å². The summed E-state index contributed by atoms with van der Waals surface area (Å²) in [6.45, 7) is 1.53. The van der Waals surface area contributed by atoms with Crippen molar-refractivity contribution in [3.05, 3.63) is 35.9 Å². The summed E-state index contributed by atoms with van der Waals surface area (Å²) in [7, 11) is 1.57. The first-order chi connectivity index (χ1) is 8.13. The van der Waals surface area contributed by atoms with E-state index in [0.29, 0.717) is 24.8 Å². The van der Waals surface area contributed by atoms with Gasteiger partial charge in [0.25, 0.3) is 0 Å². The Morgan fingerprint density at radius 1 is 1.24 bits per heavy atom. The molecule has 1 unspecified atom stereocenters. The number of methoxy groups -OCH3 is 1. The van der Waals surface area contributed by atoms with Gasteiger partial charge in [-0.2, -0.15) is 0 Å². The summed E-state index contributed by atoms with van der Waals surface area (Å²) in [4.78, 5) is 22.8. The molecule has 0 amide bonds. The number of benzene rings is 1. The predicted octanol–water partition coefficient (Wildman–Crippen LogP) is 2.64. The molecule has 3 heteroatoms. The van der Waals surface area contributed by atoms with Crippen LogP contribution in [0.4, 0.5) is 0 Å². The maximum atomic E-state index is 11.8. The average Bonchev–Trinajstić information content (AvgIpc) is 2.34. The highest BCUT2D eigenvalue weighted by molar-refractivity contribution is 5.96. The van der Waals surface area contributed by atoms with Crippen LogP contribution < -0.4 is 0 Å². The van der Waals surface area contributed by atoms with Gasteiger partial charge in [-0.3, -0.25) is 9.59 Å². The van der Waals surface area contributed by atoms with Gasteiger partial charge < -0.3 is 4.74 Å². The van der Waals surface area contributed by atoms with E-state index in [0.717, 1.165) is 0 Å². The normalized spacial score (nSPS) is 12.1. The third kappa shape index (κ3) is 4.91. The minimum atomic E-state index is -0.153. The highest BCUT2D eigenvalue weighted by Crippen LogP contribution is 2.11. The summed E-state index contributed by atoms with van der Waals surface area (Å²) in [5.74, 6) is 0.181. The van der Waals surface area contributed by atoms with Crippen molar-refractivity contribution in [3.63, 3.8) is 0 Å². The molecule has 1 aromatic carbocycles. The number of carbonyl (C=O) groups excluding carboxylic acids is 2. The Hall–Kier alpha value is -1.48. The first-order valence-corrected chi connectivity index (χ1v) is 5.74. The van der Waals surface area contributed by atoms with E-state index in [1.165, 1.54) is 6.92 Å². The van der Waals surface area contributed by atoms with Crippen LogP contribution in [0.25, 0.3) is 0 Å². The summed E-state index contributed by atoms with van der Waals surface area (Å²) in [5, 5.41) is 0. The van der Waals surface area contributed by atoms with Crippen LogP contribution in [0.15, 0.2) is 30.3 Å². The molecule has 0 fully saturated rings. The number of ether oxygens (including phenoxy) is 1. The van der Waals surface area contributed by atoms with Gasteiger partial charge in [0, 0.05) is 25.5 Å². The van der Waals surface area contributed by atoms with E-state index in [-0.39, 0.29) is 17.7 Å². The van der Waals surface area contributed by atoms with Gasteiger partial charge in [-0.25, -0.2) is 0 Å². The molecule has 3 nitrogen and oxygen atoms in total. The number of carbonyl (C=O) groups is 2. The van der Waals surface area contributed by atoms with Crippen molar-refractivity contribution in [3.8, 4) is 0 Å². The molecular weight excluding hydrogens is 216 g/mol.